The molecule has 0 heterocycles. The molecule has 0 saturated heterocycles. The van der Waals surface area contributed by atoms with E-state index in [1.54, 1.807) is 12.1 Å². The minimum absolute atomic E-state index is 0.0112. The van der Waals surface area contributed by atoms with Crippen LogP contribution in [-0.2, 0) is 6.61 Å². The van der Waals surface area contributed by atoms with Crippen LogP contribution in [-0.4, -0.2) is 11.0 Å². The van der Waals surface area contributed by atoms with Crippen LogP contribution in [0.5, 0.6) is 5.75 Å². The standard InChI is InChI=1S/C14H12Br2N2O2/c15-10-3-1-9(2-4-10)8-20-13-6-5-11(16)7-12(13)14(17)18-19/h1-7,19H,8H2,(H2,17,18). The maximum absolute atomic E-state index is 8.81. The zero-order valence-electron chi connectivity index (χ0n) is 10.4. The van der Waals surface area contributed by atoms with Gasteiger partial charge in [0.05, 0.1) is 5.56 Å². The molecule has 0 aliphatic carbocycles. The first-order valence-electron chi connectivity index (χ1n) is 5.75. The number of nitrogens with two attached hydrogens (primary N) is 1. The van der Waals surface area contributed by atoms with Crippen LogP contribution >= 0.6 is 31.9 Å². The molecule has 0 atom stereocenters. The highest BCUT2D eigenvalue weighted by Crippen LogP contribution is 2.24. The molecule has 0 amide bonds. The first kappa shape index (κ1) is 14.9. The zero-order chi connectivity index (χ0) is 14.5. The summed E-state index contributed by atoms with van der Waals surface area (Å²) < 4.78 is 7.58. The van der Waals surface area contributed by atoms with Crippen LogP contribution in [0.3, 0.4) is 0 Å². The number of rotatable bonds is 4. The molecule has 0 fully saturated rings. The Bertz CT molecular complexity index is 628. The van der Waals surface area contributed by atoms with Crippen molar-refractivity contribution in [1.29, 1.82) is 0 Å². The molecule has 0 saturated carbocycles. The second-order valence-electron chi connectivity index (χ2n) is 4.04. The molecular weight excluding hydrogens is 388 g/mol. The van der Waals surface area contributed by atoms with Gasteiger partial charge in [0.15, 0.2) is 5.84 Å². The highest BCUT2D eigenvalue weighted by atomic mass is 79.9. The minimum atomic E-state index is 0.0112. The van der Waals surface area contributed by atoms with Gasteiger partial charge in [0.25, 0.3) is 0 Å². The molecule has 3 N–H and O–H groups in total. The summed E-state index contributed by atoms with van der Waals surface area (Å²) in [6.07, 6.45) is 0. The van der Waals surface area contributed by atoms with E-state index >= 15 is 0 Å². The normalized spacial score (nSPS) is 11.4. The fraction of sp³-hybridized carbons (Fsp3) is 0.0714. The first-order chi connectivity index (χ1) is 9.60. The van der Waals surface area contributed by atoms with Crippen molar-refractivity contribution < 1.29 is 9.94 Å². The summed E-state index contributed by atoms with van der Waals surface area (Å²) in [5.74, 6) is 0.573. The Hall–Kier alpha value is -1.53. The summed E-state index contributed by atoms with van der Waals surface area (Å²) in [5, 5.41) is 11.8. The van der Waals surface area contributed by atoms with E-state index in [1.165, 1.54) is 0 Å². The van der Waals surface area contributed by atoms with E-state index in [0.717, 1.165) is 14.5 Å². The Labute approximate surface area is 133 Å². The number of halogens is 2. The molecule has 0 radical (unpaired) electrons. The quantitative estimate of drug-likeness (QED) is 0.354. The van der Waals surface area contributed by atoms with Gasteiger partial charge in [-0.1, -0.05) is 49.1 Å². The predicted molar refractivity (Wildman–Crippen MR) is 85.1 cm³/mol. The maximum Gasteiger partial charge on any atom is 0.173 e. The molecule has 0 aromatic heterocycles. The molecule has 6 heteroatoms. The Morgan fingerprint density at radius 1 is 1.10 bits per heavy atom. The summed E-state index contributed by atoms with van der Waals surface area (Å²) >= 11 is 6.73. The molecule has 104 valence electrons. The van der Waals surface area contributed by atoms with Gasteiger partial charge < -0.3 is 15.7 Å². The Morgan fingerprint density at radius 3 is 2.40 bits per heavy atom. The van der Waals surface area contributed by atoms with Gasteiger partial charge in [-0.2, -0.15) is 0 Å². The summed E-state index contributed by atoms with van der Waals surface area (Å²) in [4.78, 5) is 0. The fourth-order valence-electron chi connectivity index (χ4n) is 1.62. The minimum Gasteiger partial charge on any atom is -0.488 e. The van der Waals surface area contributed by atoms with Gasteiger partial charge in [-0.25, -0.2) is 0 Å². The molecule has 2 aromatic carbocycles. The van der Waals surface area contributed by atoms with Gasteiger partial charge in [-0.3, -0.25) is 0 Å². The number of nitrogens with zero attached hydrogens (tertiary/aromatic N) is 1. The molecule has 0 bridgehead atoms. The smallest absolute Gasteiger partial charge is 0.173 e. The third-order valence-corrected chi connectivity index (χ3v) is 3.65. The lowest BCUT2D eigenvalue weighted by molar-refractivity contribution is 0.303. The van der Waals surface area contributed by atoms with E-state index in [0.29, 0.717) is 17.9 Å². The van der Waals surface area contributed by atoms with Crippen LogP contribution in [0.15, 0.2) is 56.6 Å². The average molecular weight is 400 g/mol. The fourth-order valence-corrected chi connectivity index (χ4v) is 2.25. The van der Waals surface area contributed by atoms with Crippen molar-refractivity contribution in [2.24, 2.45) is 10.9 Å². The van der Waals surface area contributed by atoms with Crippen LogP contribution < -0.4 is 10.5 Å². The van der Waals surface area contributed by atoms with Crippen molar-refractivity contribution in [3.63, 3.8) is 0 Å². The van der Waals surface area contributed by atoms with Gasteiger partial charge in [0.1, 0.15) is 12.4 Å². The summed E-state index contributed by atoms with van der Waals surface area (Å²) in [5.41, 5.74) is 7.22. The van der Waals surface area contributed by atoms with Crippen molar-refractivity contribution >= 4 is 37.7 Å². The number of amidine groups is 1. The number of oxime groups is 1. The van der Waals surface area contributed by atoms with E-state index in [1.807, 2.05) is 30.3 Å². The van der Waals surface area contributed by atoms with E-state index in [4.69, 9.17) is 15.7 Å². The Balaban J connectivity index is 2.19. The van der Waals surface area contributed by atoms with Gasteiger partial charge in [-0.15, -0.1) is 0 Å². The van der Waals surface area contributed by atoms with Gasteiger partial charge >= 0.3 is 0 Å². The predicted octanol–water partition coefficient (Wildman–Crippen LogP) is 3.89. The largest absolute Gasteiger partial charge is 0.488 e. The van der Waals surface area contributed by atoms with E-state index in [-0.39, 0.29) is 5.84 Å². The molecule has 4 nitrogen and oxygen atoms in total. The van der Waals surface area contributed by atoms with Crippen LogP contribution in [0.1, 0.15) is 11.1 Å². The topological polar surface area (TPSA) is 67.8 Å². The first-order valence-corrected chi connectivity index (χ1v) is 7.33. The van der Waals surface area contributed by atoms with Crippen molar-refractivity contribution in [2.45, 2.75) is 6.61 Å². The van der Waals surface area contributed by atoms with Gasteiger partial charge in [-0.05, 0) is 35.9 Å². The zero-order valence-corrected chi connectivity index (χ0v) is 13.6. The summed E-state index contributed by atoms with van der Waals surface area (Å²) in [7, 11) is 0. The van der Waals surface area contributed by atoms with Crippen molar-refractivity contribution in [3.05, 3.63) is 62.5 Å². The lowest BCUT2D eigenvalue weighted by Gasteiger charge is -2.11. The Kier molecular flexibility index (Phi) is 5.03. The number of hydrogen-bond donors (Lipinski definition) is 2. The van der Waals surface area contributed by atoms with Crippen LogP contribution in [0.25, 0.3) is 0 Å². The second kappa shape index (κ2) is 6.76. The van der Waals surface area contributed by atoms with Crippen LogP contribution in [0, 0.1) is 0 Å². The second-order valence-corrected chi connectivity index (χ2v) is 5.87. The maximum atomic E-state index is 8.81. The summed E-state index contributed by atoms with van der Waals surface area (Å²) in [6, 6.07) is 13.2. The monoisotopic (exact) mass is 398 g/mol. The molecule has 0 aliphatic rings. The van der Waals surface area contributed by atoms with Crippen molar-refractivity contribution in [3.8, 4) is 5.75 Å². The van der Waals surface area contributed by atoms with Gasteiger partial charge in [0.2, 0.25) is 0 Å². The molecule has 0 unspecified atom stereocenters. The third-order valence-electron chi connectivity index (χ3n) is 2.63. The summed E-state index contributed by atoms with van der Waals surface area (Å²) in [6.45, 7) is 0.403. The lowest BCUT2D eigenvalue weighted by Crippen LogP contribution is -2.15. The number of ether oxygens (including phenoxy) is 1. The highest BCUT2D eigenvalue weighted by molar-refractivity contribution is 9.10. The Morgan fingerprint density at radius 2 is 1.75 bits per heavy atom. The molecule has 2 aromatic rings. The third kappa shape index (κ3) is 3.74. The van der Waals surface area contributed by atoms with Gasteiger partial charge in [0, 0.05) is 8.95 Å². The SMILES string of the molecule is N/C(=N/O)c1cc(Br)ccc1OCc1ccc(Br)cc1. The van der Waals surface area contributed by atoms with Crippen molar-refractivity contribution in [1.82, 2.24) is 0 Å². The van der Waals surface area contributed by atoms with E-state index < -0.39 is 0 Å². The lowest BCUT2D eigenvalue weighted by atomic mass is 10.2. The van der Waals surface area contributed by atoms with E-state index in [9.17, 15) is 0 Å². The average Bonchev–Trinajstić information content (AvgIpc) is 2.46. The highest BCUT2D eigenvalue weighted by Gasteiger charge is 2.09. The molecular formula is C14H12Br2N2O2. The van der Waals surface area contributed by atoms with Crippen molar-refractivity contribution in [2.75, 3.05) is 0 Å². The number of benzene rings is 2. The van der Waals surface area contributed by atoms with E-state index in [2.05, 4.69) is 37.0 Å². The molecule has 20 heavy (non-hydrogen) atoms. The molecule has 0 spiro atoms. The molecule has 0 aliphatic heterocycles. The molecule has 2 rings (SSSR count). The number of hydrogen-bond acceptors (Lipinski definition) is 3. The van der Waals surface area contributed by atoms with Crippen LogP contribution in [0.4, 0.5) is 0 Å². The van der Waals surface area contributed by atoms with Crippen LogP contribution in [0.2, 0.25) is 0 Å².